The van der Waals surface area contributed by atoms with Gasteiger partial charge in [-0.1, -0.05) is 12.8 Å². The molecule has 2 atom stereocenters. The van der Waals surface area contributed by atoms with E-state index in [-0.39, 0.29) is 12.1 Å². The largest absolute Gasteiger partial charge is 0.318 e. The second-order valence-electron chi connectivity index (χ2n) is 5.82. The van der Waals surface area contributed by atoms with Gasteiger partial charge < -0.3 is 4.90 Å². The fourth-order valence-electron chi connectivity index (χ4n) is 3.48. The van der Waals surface area contributed by atoms with Crippen molar-refractivity contribution in [1.29, 1.82) is 0 Å². The molecule has 1 amide bonds. The van der Waals surface area contributed by atoms with E-state index in [0.29, 0.717) is 18.5 Å². The average Bonchev–Trinajstić information content (AvgIpc) is 3.08. The molecule has 1 saturated carbocycles. The van der Waals surface area contributed by atoms with Crippen LogP contribution in [0.25, 0.3) is 0 Å². The van der Waals surface area contributed by atoms with Crippen LogP contribution < -0.4 is 5.32 Å². The van der Waals surface area contributed by atoms with Crippen LogP contribution in [0.4, 0.5) is 0 Å². The van der Waals surface area contributed by atoms with Gasteiger partial charge in [-0.15, -0.1) is 11.3 Å². The lowest BCUT2D eigenvalue weighted by molar-refractivity contribution is -0.131. The summed E-state index contributed by atoms with van der Waals surface area (Å²) in [6, 6.07) is 4.66. The Hall–Kier alpha value is -0.870. The predicted octanol–water partition coefficient (Wildman–Crippen LogP) is 3.07. The van der Waals surface area contributed by atoms with Crippen molar-refractivity contribution in [1.82, 2.24) is 10.2 Å². The van der Waals surface area contributed by atoms with Crippen LogP contribution in [-0.2, 0) is 4.79 Å². The number of carbonyl (C=O) groups is 1. The summed E-state index contributed by atoms with van der Waals surface area (Å²) in [6.45, 7) is 4.84. The van der Waals surface area contributed by atoms with Crippen LogP contribution in [0.3, 0.4) is 0 Å². The molecule has 4 heteroatoms. The summed E-state index contributed by atoms with van der Waals surface area (Å²) in [5, 5.41) is 3.38. The molecule has 1 aliphatic heterocycles. The van der Waals surface area contributed by atoms with Crippen molar-refractivity contribution in [3.8, 4) is 0 Å². The molecule has 19 heavy (non-hydrogen) atoms. The molecular weight excluding hydrogens is 256 g/mol. The topological polar surface area (TPSA) is 32.3 Å². The van der Waals surface area contributed by atoms with Crippen molar-refractivity contribution in [3.63, 3.8) is 0 Å². The third-order valence-electron chi connectivity index (χ3n) is 4.56. The molecule has 0 aromatic carbocycles. The maximum Gasteiger partial charge on any atom is 0.238 e. The summed E-state index contributed by atoms with van der Waals surface area (Å²) < 4.78 is 0. The number of thiophene rings is 1. The first-order valence-electron chi connectivity index (χ1n) is 7.27. The number of amides is 1. The highest BCUT2D eigenvalue weighted by molar-refractivity contribution is 7.12. The lowest BCUT2D eigenvalue weighted by Gasteiger charge is -2.33. The first-order valence-corrected chi connectivity index (χ1v) is 8.09. The molecule has 1 aromatic heterocycles. The Labute approximate surface area is 119 Å². The van der Waals surface area contributed by atoms with Gasteiger partial charge in [0.1, 0.15) is 6.17 Å². The smallest absolute Gasteiger partial charge is 0.238 e. The van der Waals surface area contributed by atoms with Crippen LogP contribution in [0.5, 0.6) is 0 Å². The van der Waals surface area contributed by atoms with E-state index in [1.54, 1.807) is 11.3 Å². The maximum absolute atomic E-state index is 12.2. The Morgan fingerprint density at radius 1 is 1.37 bits per heavy atom. The lowest BCUT2D eigenvalue weighted by atomic mass is 9.98. The number of nitrogens with zero attached hydrogens (tertiary/aromatic N) is 1. The first kappa shape index (κ1) is 13.1. The van der Waals surface area contributed by atoms with Crippen molar-refractivity contribution >= 4 is 17.2 Å². The molecule has 2 aliphatic rings. The Bertz CT molecular complexity index is 464. The van der Waals surface area contributed by atoms with Gasteiger partial charge in [0.2, 0.25) is 5.91 Å². The maximum atomic E-state index is 12.2. The van der Waals surface area contributed by atoms with Gasteiger partial charge in [-0.2, -0.15) is 0 Å². The fraction of sp³-hybridized carbons (Fsp3) is 0.667. The van der Waals surface area contributed by atoms with Crippen molar-refractivity contribution < 1.29 is 4.79 Å². The Morgan fingerprint density at radius 3 is 2.74 bits per heavy atom. The molecular formula is C15H22N2OS. The molecule has 2 heterocycles. The van der Waals surface area contributed by atoms with Crippen molar-refractivity contribution in [2.24, 2.45) is 5.92 Å². The molecule has 1 aliphatic carbocycles. The van der Waals surface area contributed by atoms with Gasteiger partial charge >= 0.3 is 0 Å². The van der Waals surface area contributed by atoms with Crippen LogP contribution in [0.1, 0.15) is 48.5 Å². The van der Waals surface area contributed by atoms with Crippen LogP contribution >= 0.6 is 11.3 Å². The SMILES string of the molecule is Cc1ccc(C2NCC(=O)N2C(C)C2CCCC2)s1. The summed E-state index contributed by atoms with van der Waals surface area (Å²) in [7, 11) is 0. The molecule has 3 rings (SSSR count). The Morgan fingerprint density at radius 2 is 2.11 bits per heavy atom. The highest BCUT2D eigenvalue weighted by Crippen LogP contribution is 2.36. The lowest BCUT2D eigenvalue weighted by Crippen LogP contribution is -2.41. The number of carbonyl (C=O) groups excluding carboxylic acids is 1. The molecule has 2 fully saturated rings. The molecule has 0 spiro atoms. The van der Waals surface area contributed by atoms with Gasteiger partial charge in [-0.3, -0.25) is 10.1 Å². The zero-order valence-corrected chi connectivity index (χ0v) is 12.5. The molecule has 0 bridgehead atoms. The van der Waals surface area contributed by atoms with E-state index >= 15 is 0 Å². The molecule has 2 unspecified atom stereocenters. The number of rotatable bonds is 3. The van der Waals surface area contributed by atoms with E-state index in [1.807, 2.05) is 0 Å². The number of nitrogens with one attached hydrogen (secondary N) is 1. The highest BCUT2D eigenvalue weighted by Gasteiger charge is 2.39. The second-order valence-corrected chi connectivity index (χ2v) is 7.14. The van der Waals surface area contributed by atoms with Gasteiger partial charge in [-0.25, -0.2) is 0 Å². The standard InChI is InChI=1S/C15H22N2OS/c1-10-7-8-13(19-10)15-16-9-14(18)17(15)11(2)12-5-3-4-6-12/h7-8,11-12,15-16H,3-6,9H2,1-2H3. The van der Waals surface area contributed by atoms with E-state index in [9.17, 15) is 4.79 Å². The van der Waals surface area contributed by atoms with Crippen molar-refractivity contribution in [2.75, 3.05) is 6.54 Å². The molecule has 0 radical (unpaired) electrons. The van der Waals surface area contributed by atoms with Gasteiger partial charge in [0, 0.05) is 15.8 Å². The summed E-state index contributed by atoms with van der Waals surface area (Å²) in [6.07, 6.45) is 5.31. The summed E-state index contributed by atoms with van der Waals surface area (Å²) in [4.78, 5) is 16.9. The Balaban J connectivity index is 1.81. The summed E-state index contributed by atoms with van der Waals surface area (Å²) in [5.41, 5.74) is 0. The van der Waals surface area contributed by atoms with Crippen LogP contribution in [0.2, 0.25) is 0 Å². The van der Waals surface area contributed by atoms with E-state index in [1.165, 1.54) is 35.4 Å². The molecule has 1 N–H and O–H groups in total. The van der Waals surface area contributed by atoms with Crippen LogP contribution in [-0.4, -0.2) is 23.4 Å². The van der Waals surface area contributed by atoms with Gasteiger partial charge in [0.15, 0.2) is 0 Å². The van der Waals surface area contributed by atoms with Crippen LogP contribution in [0, 0.1) is 12.8 Å². The third-order valence-corrected chi connectivity index (χ3v) is 5.62. The highest BCUT2D eigenvalue weighted by atomic mass is 32.1. The van der Waals surface area contributed by atoms with E-state index in [4.69, 9.17) is 0 Å². The quantitative estimate of drug-likeness (QED) is 0.921. The number of hydrogen-bond donors (Lipinski definition) is 1. The molecule has 1 saturated heterocycles. The van der Waals surface area contributed by atoms with Gasteiger partial charge in [0.05, 0.1) is 6.54 Å². The van der Waals surface area contributed by atoms with E-state index in [0.717, 1.165) is 0 Å². The zero-order valence-electron chi connectivity index (χ0n) is 11.7. The average molecular weight is 278 g/mol. The van der Waals surface area contributed by atoms with Crippen LogP contribution in [0.15, 0.2) is 12.1 Å². The summed E-state index contributed by atoms with van der Waals surface area (Å²) >= 11 is 1.79. The Kier molecular flexibility index (Phi) is 3.63. The van der Waals surface area contributed by atoms with E-state index < -0.39 is 0 Å². The summed E-state index contributed by atoms with van der Waals surface area (Å²) in [5.74, 6) is 0.947. The van der Waals surface area contributed by atoms with Gasteiger partial charge in [-0.05, 0) is 44.7 Å². The van der Waals surface area contributed by atoms with Gasteiger partial charge in [0.25, 0.3) is 0 Å². The third kappa shape index (κ3) is 2.43. The molecule has 1 aromatic rings. The fourth-order valence-corrected chi connectivity index (χ4v) is 4.44. The van der Waals surface area contributed by atoms with E-state index in [2.05, 4.69) is 36.2 Å². The second kappa shape index (κ2) is 5.25. The minimum Gasteiger partial charge on any atom is -0.318 e. The normalized spacial score (nSPS) is 26.3. The minimum atomic E-state index is 0.0989. The van der Waals surface area contributed by atoms with Crippen molar-refractivity contribution in [2.45, 2.75) is 51.7 Å². The molecule has 104 valence electrons. The predicted molar refractivity (Wildman–Crippen MR) is 78.1 cm³/mol. The van der Waals surface area contributed by atoms with Crippen molar-refractivity contribution in [3.05, 3.63) is 21.9 Å². The zero-order chi connectivity index (χ0) is 13.4. The number of aryl methyl sites for hydroxylation is 1. The molecule has 3 nitrogen and oxygen atoms in total. The first-order chi connectivity index (χ1) is 9.16. The monoisotopic (exact) mass is 278 g/mol. The minimum absolute atomic E-state index is 0.0989. The number of hydrogen-bond acceptors (Lipinski definition) is 3.